The summed E-state index contributed by atoms with van der Waals surface area (Å²) in [7, 11) is -3.71. The van der Waals surface area contributed by atoms with Gasteiger partial charge in [0, 0.05) is 31.2 Å². The van der Waals surface area contributed by atoms with Crippen molar-refractivity contribution < 1.29 is 26.8 Å². The molecule has 1 saturated carbocycles. The maximum atomic E-state index is 13.3. The van der Waals surface area contributed by atoms with Crippen LogP contribution in [0.3, 0.4) is 0 Å². The third kappa shape index (κ3) is 4.28. The molecule has 0 radical (unpaired) electrons. The van der Waals surface area contributed by atoms with Crippen molar-refractivity contribution in [3.05, 3.63) is 77.9 Å². The zero-order valence-electron chi connectivity index (χ0n) is 16.9. The van der Waals surface area contributed by atoms with Crippen molar-refractivity contribution in [3.8, 4) is 0 Å². The molecule has 1 aliphatic heterocycles. The standard InChI is InChI=1S/C22H21F2N3O4S/c1-2-20(28)26-21-16-11-27(12-17(16)21)32(30,31)15-6-4-14(5-7-15)22(29)25-10-13-3-8-18(23)19(24)9-13/h2-9,16-17,21H,1,10-12H2,(H,25,29)(H,26,28). The van der Waals surface area contributed by atoms with E-state index >= 15 is 0 Å². The minimum atomic E-state index is -3.71. The van der Waals surface area contributed by atoms with Gasteiger partial charge in [-0.25, -0.2) is 17.2 Å². The average Bonchev–Trinajstić information content (AvgIpc) is 3.20. The molecule has 2 atom stereocenters. The number of nitrogens with zero attached hydrogens (tertiary/aromatic N) is 1. The first-order valence-electron chi connectivity index (χ1n) is 9.96. The molecular weight excluding hydrogens is 440 g/mol. The van der Waals surface area contributed by atoms with Crippen molar-refractivity contribution in [2.24, 2.45) is 11.8 Å². The Hall–Kier alpha value is -3.11. The third-order valence-electron chi connectivity index (χ3n) is 5.85. The van der Waals surface area contributed by atoms with Gasteiger partial charge in [0.1, 0.15) is 0 Å². The van der Waals surface area contributed by atoms with Crippen LogP contribution in [0.15, 0.2) is 60.0 Å². The summed E-state index contributed by atoms with van der Waals surface area (Å²) in [6, 6.07) is 8.85. The van der Waals surface area contributed by atoms with Gasteiger partial charge >= 0.3 is 0 Å². The highest BCUT2D eigenvalue weighted by Crippen LogP contribution is 2.47. The Morgan fingerprint density at radius 2 is 1.72 bits per heavy atom. The van der Waals surface area contributed by atoms with E-state index < -0.39 is 27.6 Å². The summed E-state index contributed by atoms with van der Waals surface area (Å²) < 4.78 is 53.4. The van der Waals surface area contributed by atoms with Crippen LogP contribution in [0.1, 0.15) is 15.9 Å². The topological polar surface area (TPSA) is 95.6 Å². The number of nitrogens with one attached hydrogen (secondary N) is 2. The van der Waals surface area contributed by atoms with Crippen LogP contribution in [-0.4, -0.2) is 43.7 Å². The van der Waals surface area contributed by atoms with Crippen LogP contribution in [0.25, 0.3) is 0 Å². The maximum Gasteiger partial charge on any atom is 0.251 e. The summed E-state index contributed by atoms with van der Waals surface area (Å²) in [6.07, 6.45) is 1.19. The number of carbonyl (C=O) groups is 2. The first kappa shape index (κ1) is 22.1. The highest BCUT2D eigenvalue weighted by molar-refractivity contribution is 7.89. The monoisotopic (exact) mass is 461 g/mol. The molecule has 0 bridgehead atoms. The van der Waals surface area contributed by atoms with Gasteiger partial charge in [0.2, 0.25) is 15.9 Å². The quantitative estimate of drug-likeness (QED) is 0.615. The van der Waals surface area contributed by atoms with Crippen LogP contribution in [0, 0.1) is 23.5 Å². The molecule has 4 rings (SSSR count). The molecule has 2 aromatic rings. The Morgan fingerprint density at radius 3 is 2.31 bits per heavy atom. The number of hydrogen-bond donors (Lipinski definition) is 2. The molecule has 10 heteroatoms. The molecule has 168 valence electrons. The van der Waals surface area contributed by atoms with E-state index in [1.54, 1.807) is 0 Å². The molecule has 2 aromatic carbocycles. The molecule has 2 unspecified atom stereocenters. The van der Waals surface area contributed by atoms with E-state index in [1.165, 1.54) is 40.7 Å². The molecule has 0 aromatic heterocycles. The van der Waals surface area contributed by atoms with Crippen LogP contribution < -0.4 is 10.6 Å². The van der Waals surface area contributed by atoms with Gasteiger partial charge < -0.3 is 10.6 Å². The first-order chi connectivity index (χ1) is 15.2. The van der Waals surface area contributed by atoms with E-state index in [9.17, 15) is 26.8 Å². The van der Waals surface area contributed by atoms with Crippen molar-refractivity contribution in [3.63, 3.8) is 0 Å². The highest BCUT2D eigenvalue weighted by Gasteiger charge is 2.58. The molecular formula is C22H21F2N3O4S. The summed E-state index contributed by atoms with van der Waals surface area (Å²) in [6.45, 7) is 4.05. The van der Waals surface area contributed by atoms with Crippen molar-refractivity contribution >= 4 is 21.8 Å². The fourth-order valence-electron chi connectivity index (χ4n) is 3.98. The van der Waals surface area contributed by atoms with Crippen molar-refractivity contribution in [1.82, 2.24) is 14.9 Å². The predicted molar refractivity (Wildman–Crippen MR) is 112 cm³/mol. The average molecular weight is 461 g/mol. The molecule has 1 heterocycles. The second kappa shape index (κ2) is 8.44. The summed E-state index contributed by atoms with van der Waals surface area (Å²) >= 11 is 0. The van der Waals surface area contributed by atoms with Crippen LogP contribution in [0.4, 0.5) is 8.78 Å². The van der Waals surface area contributed by atoms with Crippen LogP contribution in [0.5, 0.6) is 0 Å². The Morgan fingerprint density at radius 1 is 1.06 bits per heavy atom. The zero-order valence-corrected chi connectivity index (χ0v) is 17.7. The van der Waals surface area contributed by atoms with E-state index in [2.05, 4.69) is 17.2 Å². The van der Waals surface area contributed by atoms with Gasteiger partial charge in [0.05, 0.1) is 4.90 Å². The van der Waals surface area contributed by atoms with Crippen molar-refractivity contribution in [1.29, 1.82) is 0 Å². The summed E-state index contributed by atoms with van der Waals surface area (Å²) in [5.74, 6) is -2.52. The molecule has 2 fully saturated rings. The highest BCUT2D eigenvalue weighted by atomic mass is 32.2. The number of hydrogen-bond acceptors (Lipinski definition) is 4. The Balaban J connectivity index is 1.35. The Bertz CT molecular complexity index is 1170. The minimum Gasteiger partial charge on any atom is -0.349 e. The van der Waals surface area contributed by atoms with Gasteiger partial charge in [-0.05, 0) is 59.9 Å². The van der Waals surface area contributed by atoms with E-state index in [4.69, 9.17) is 0 Å². The molecule has 7 nitrogen and oxygen atoms in total. The third-order valence-corrected chi connectivity index (χ3v) is 7.69. The van der Waals surface area contributed by atoms with Gasteiger partial charge in [0.15, 0.2) is 11.6 Å². The zero-order chi connectivity index (χ0) is 23.0. The van der Waals surface area contributed by atoms with Crippen LogP contribution in [-0.2, 0) is 21.4 Å². The number of piperidine rings is 1. The number of benzene rings is 2. The number of sulfonamides is 1. The molecule has 1 saturated heterocycles. The number of amides is 2. The van der Waals surface area contributed by atoms with Crippen LogP contribution in [0.2, 0.25) is 0 Å². The molecule has 2 aliphatic rings. The minimum absolute atomic E-state index is 0.00377. The van der Waals surface area contributed by atoms with E-state index in [0.29, 0.717) is 18.7 Å². The van der Waals surface area contributed by atoms with Gasteiger partial charge in [-0.15, -0.1) is 0 Å². The molecule has 0 spiro atoms. The molecule has 1 aliphatic carbocycles. The SMILES string of the molecule is C=CC(=O)NC1C2CN(S(=O)(=O)c3ccc(C(=O)NCc4ccc(F)c(F)c4)cc3)CC21. The van der Waals surface area contributed by atoms with Gasteiger partial charge in [0.25, 0.3) is 5.91 Å². The van der Waals surface area contributed by atoms with E-state index in [0.717, 1.165) is 12.1 Å². The van der Waals surface area contributed by atoms with Gasteiger partial charge in [-0.3, -0.25) is 9.59 Å². The fourth-order valence-corrected chi connectivity index (χ4v) is 5.50. The van der Waals surface area contributed by atoms with Gasteiger partial charge in [-0.1, -0.05) is 12.6 Å². The number of carbonyl (C=O) groups excluding carboxylic acids is 2. The van der Waals surface area contributed by atoms with E-state index in [-0.39, 0.29) is 40.8 Å². The van der Waals surface area contributed by atoms with Crippen molar-refractivity contribution in [2.45, 2.75) is 17.5 Å². The molecule has 32 heavy (non-hydrogen) atoms. The fraction of sp³-hybridized carbons (Fsp3) is 0.273. The maximum absolute atomic E-state index is 13.3. The van der Waals surface area contributed by atoms with E-state index in [1.807, 2.05) is 0 Å². The predicted octanol–water partition coefficient (Wildman–Crippen LogP) is 1.82. The Labute approximate surface area is 184 Å². The summed E-state index contributed by atoms with van der Waals surface area (Å²) in [5.41, 5.74) is 0.634. The largest absolute Gasteiger partial charge is 0.349 e. The molecule has 2 amide bonds. The van der Waals surface area contributed by atoms with Gasteiger partial charge in [-0.2, -0.15) is 4.31 Å². The number of fused-ring (bicyclic) bond motifs is 1. The van der Waals surface area contributed by atoms with Crippen molar-refractivity contribution in [2.75, 3.05) is 13.1 Å². The lowest BCUT2D eigenvalue weighted by Gasteiger charge is -2.20. The lowest BCUT2D eigenvalue weighted by atomic mass is 10.2. The Kier molecular flexibility index (Phi) is 5.83. The number of rotatable bonds is 7. The second-order valence-electron chi connectivity index (χ2n) is 7.84. The smallest absolute Gasteiger partial charge is 0.251 e. The summed E-state index contributed by atoms with van der Waals surface area (Å²) in [4.78, 5) is 23.8. The second-order valence-corrected chi connectivity index (χ2v) is 9.78. The number of halogens is 2. The lowest BCUT2D eigenvalue weighted by Crippen LogP contribution is -2.37. The summed E-state index contributed by atoms with van der Waals surface area (Å²) in [5, 5.41) is 5.39. The first-order valence-corrected chi connectivity index (χ1v) is 11.4. The molecule has 2 N–H and O–H groups in total. The van der Waals surface area contributed by atoms with Crippen LogP contribution >= 0.6 is 0 Å². The lowest BCUT2D eigenvalue weighted by molar-refractivity contribution is -0.116. The normalized spacial score (nSPS) is 22.1.